The monoisotopic (exact) mass is 784 g/mol. The maximum Gasteiger partial charge on any atom is 0.0534 e. The first-order valence-corrected chi connectivity index (χ1v) is 22.1. The van der Waals surface area contributed by atoms with Gasteiger partial charge in [-0.3, -0.25) is 0 Å². The van der Waals surface area contributed by atoms with E-state index in [0.29, 0.717) is 0 Å². The minimum atomic E-state index is -0.0618. The smallest absolute Gasteiger partial charge is 0.0534 e. The summed E-state index contributed by atoms with van der Waals surface area (Å²) in [7, 11) is 0. The Kier molecular flexibility index (Phi) is 6.92. The minimum absolute atomic E-state index is 0.0618. The standard InChI is InChI=1S/C57H36S2/c1-57(2)48-21-11-9-14-37(48)38-28-27-35(31-49(38)57)53-43-19-7-5-17-41(43)52(42-18-6-8-20-44(42)53)34-25-23-33(24-26-34)47-32-51-54(40-16-4-3-13-36(40)47)46-30-29-45-39-15-10-12-22-50(39)58-55(45)56(46)59-51/h3-32H,1-2H3. The largest absolute Gasteiger partial charge is 0.134 e. The van der Waals surface area contributed by atoms with E-state index in [1.165, 1.54) is 128 Å². The number of thiophene rings is 2. The van der Waals surface area contributed by atoms with Gasteiger partial charge in [0.05, 0.1) is 9.40 Å². The van der Waals surface area contributed by atoms with Gasteiger partial charge in [0, 0.05) is 36.4 Å². The molecule has 0 radical (unpaired) electrons. The molecular weight excluding hydrogens is 749 g/mol. The summed E-state index contributed by atoms with van der Waals surface area (Å²) in [6.07, 6.45) is 0. The molecule has 0 atom stereocenters. The lowest BCUT2D eigenvalue weighted by molar-refractivity contribution is 0.660. The number of fused-ring (bicyclic) bond motifs is 14. The van der Waals surface area contributed by atoms with Crippen LogP contribution < -0.4 is 0 Å². The first-order valence-electron chi connectivity index (χ1n) is 20.5. The fraction of sp³-hybridized carbons (Fsp3) is 0.0526. The van der Waals surface area contributed by atoms with Crippen LogP contribution in [-0.2, 0) is 5.41 Å². The van der Waals surface area contributed by atoms with Crippen molar-refractivity contribution in [2.45, 2.75) is 19.3 Å². The minimum Gasteiger partial charge on any atom is -0.134 e. The van der Waals surface area contributed by atoms with Crippen molar-refractivity contribution in [3.63, 3.8) is 0 Å². The third kappa shape index (κ3) is 4.65. The molecule has 2 heteroatoms. The van der Waals surface area contributed by atoms with E-state index in [1.54, 1.807) is 0 Å². The van der Waals surface area contributed by atoms with Crippen LogP contribution in [-0.4, -0.2) is 0 Å². The van der Waals surface area contributed by atoms with E-state index in [4.69, 9.17) is 0 Å². The molecule has 0 N–H and O–H groups in total. The lowest BCUT2D eigenvalue weighted by atomic mass is 9.80. The van der Waals surface area contributed by atoms with Crippen LogP contribution in [0, 0.1) is 0 Å². The van der Waals surface area contributed by atoms with E-state index in [1.807, 2.05) is 22.7 Å². The van der Waals surface area contributed by atoms with Crippen molar-refractivity contribution in [1.29, 1.82) is 0 Å². The zero-order valence-corrected chi connectivity index (χ0v) is 34.3. The maximum atomic E-state index is 2.47. The van der Waals surface area contributed by atoms with Crippen LogP contribution in [0.15, 0.2) is 182 Å². The normalized spacial score (nSPS) is 13.4. The quantitative estimate of drug-likeness (QED) is 0.157. The summed E-state index contributed by atoms with van der Waals surface area (Å²) in [5.74, 6) is 0. The van der Waals surface area contributed by atoms with Gasteiger partial charge in [-0.1, -0.05) is 178 Å². The molecule has 59 heavy (non-hydrogen) atoms. The Balaban J connectivity index is 0.978. The first-order chi connectivity index (χ1) is 29.0. The molecule has 0 amide bonds. The number of hydrogen-bond acceptors (Lipinski definition) is 2. The fourth-order valence-electron chi connectivity index (χ4n) is 10.5. The molecule has 0 bridgehead atoms. The van der Waals surface area contributed by atoms with Crippen molar-refractivity contribution in [3.8, 4) is 44.5 Å². The van der Waals surface area contributed by atoms with Crippen molar-refractivity contribution in [1.82, 2.24) is 0 Å². The molecule has 276 valence electrons. The molecule has 1 aliphatic rings. The number of rotatable bonds is 3. The number of hydrogen-bond donors (Lipinski definition) is 0. The highest BCUT2D eigenvalue weighted by Crippen LogP contribution is 2.52. The summed E-state index contributed by atoms with van der Waals surface area (Å²) in [5.41, 5.74) is 13.1. The predicted molar refractivity (Wildman–Crippen MR) is 259 cm³/mol. The number of benzene rings is 10. The molecule has 0 saturated carbocycles. The van der Waals surface area contributed by atoms with Crippen LogP contribution in [0.5, 0.6) is 0 Å². The summed E-state index contributed by atoms with van der Waals surface area (Å²) >= 11 is 3.87. The molecule has 0 saturated heterocycles. The second-order valence-electron chi connectivity index (χ2n) is 16.7. The van der Waals surface area contributed by atoms with Crippen LogP contribution in [0.3, 0.4) is 0 Å². The van der Waals surface area contributed by atoms with Gasteiger partial charge in [0.2, 0.25) is 0 Å². The molecule has 2 heterocycles. The molecule has 0 spiro atoms. The molecule has 13 rings (SSSR count). The summed E-state index contributed by atoms with van der Waals surface area (Å²) in [5, 5.41) is 13.2. The van der Waals surface area contributed by atoms with Crippen LogP contribution >= 0.6 is 22.7 Å². The van der Waals surface area contributed by atoms with E-state index < -0.39 is 0 Å². The Hall–Kier alpha value is -6.58. The topological polar surface area (TPSA) is 0 Å². The van der Waals surface area contributed by atoms with Crippen molar-refractivity contribution in [2.24, 2.45) is 0 Å². The second-order valence-corrected chi connectivity index (χ2v) is 18.8. The maximum absolute atomic E-state index is 2.47. The van der Waals surface area contributed by atoms with Crippen LogP contribution in [0.25, 0.3) is 117 Å². The van der Waals surface area contributed by atoms with E-state index >= 15 is 0 Å². The predicted octanol–water partition coefficient (Wildman–Crippen LogP) is 17.2. The van der Waals surface area contributed by atoms with Crippen LogP contribution in [0.4, 0.5) is 0 Å². The molecular formula is C57H36S2. The van der Waals surface area contributed by atoms with Crippen molar-refractivity contribution in [3.05, 3.63) is 193 Å². The van der Waals surface area contributed by atoms with Gasteiger partial charge in [0.25, 0.3) is 0 Å². The van der Waals surface area contributed by atoms with E-state index in [9.17, 15) is 0 Å². The summed E-state index contributed by atoms with van der Waals surface area (Å²) in [6, 6.07) is 68.5. The van der Waals surface area contributed by atoms with E-state index in [0.717, 1.165) is 0 Å². The highest BCUT2D eigenvalue weighted by Gasteiger charge is 2.35. The van der Waals surface area contributed by atoms with Gasteiger partial charge in [-0.05, 0) is 106 Å². The Morgan fingerprint density at radius 1 is 0.322 bits per heavy atom. The lowest BCUT2D eigenvalue weighted by Crippen LogP contribution is -2.14. The molecule has 10 aromatic carbocycles. The second kappa shape index (κ2) is 12.2. The van der Waals surface area contributed by atoms with Gasteiger partial charge in [-0.25, -0.2) is 0 Å². The SMILES string of the molecule is CC1(C)c2ccccc2-c2ccc(-c3c4ccccc4c(-c4ccc(-c5cc6sc7c(ccc8c9ccccc9sc87)c6c6ccccc56)cc4)c4ccccc34)cc21. The average Bonchev–Trinajstić information content (AvgIpc) is 3.93. The van der Waals surface area contributed by atoms with Crippen molar-refractivity contribution in [2.75, 3.05) is 0 Å². The van der Waals surface area contributed by atoms with Gasteiger partial charge < -0.3 is 0 Å². The zero-order chi connectivity index (χ0) is 39.0. The Morgan fingerprint density at radius 3 is 1.56 bits per heavy atom. The highest BCUT2D eigenvalue weighted by atomic mass is 32.1. The molecule has 0 fully saturated rings. The lowest BCUT2D eigenvalue weighted by Gasteiger charge is -2.23. The van der Waals surface area contributed by atoms with Crippen molar-refractivity contribution < 1.29 is 0 Å². The van der Waals surface area contributed by atoms with Gasteiger partial charge in [0.15, 0.2) is 0 Å². The van der Waals surface area contributed by atoms with Gasteiger partial charge in [0.1, 0.15) is 0 Å². The van der Waals surface area contributed by atoms with Gasteiger partial charge in [-0.15, -0.1) is 22.7 Å². The molecule has 2 aromatic heterocycles. The average molecular weight is 785 g/mol. The van der Waals surface area contributed by atoms with Crippen LogP contribution in [0.1, 0.15) is 25.0 Å². The molecule has 0 unspecified atom stereocenters. The van der Waals surface area contributed by atoms with Gasteiger partial charge >= 0.3 is 0 Å². The van der Waals surface area contributed by atoms with E-state index in [2.05, 4.69) is 196 Å². The summed E-state index contributed by atoms with van der Waals surface area (Å²) in [6.45, 7) is 4.75. The van der Waals surface area contributed by atoms with Gasteiger partial charge in [-0.2, -0.15) is 0 Å². The highest BCUT2D eigenvalue weighted by molar-refractivity contribution is 7.33. The molecule has 1 aliphatic carbocycles. The Morgan fingerprint density at radius 2 is 0.831 bits per heavy atom. The Bertz CT molecular complexity index is 3690. The molecule has 12 aromatic rings. The summed E-state index contributed by atoms with van der Waals surface area (Å²) < 4.78 is 5.49. The molecule has 0 nitrogen and oxygen atoms in total. The van der Waals surface area contributed by atoms with E-state index in [-0.39, 0.29) is 5.41 Å². The third-order valence-electron chi connectivity index (χ3n) is 13.3. The first kappa shape index (κ1) is 33.4. The Labute approximate surface area is 350 Å². The van der Waals surface area contributed by atoms with Crippen molar-refractivity contribution >= 4 is 95.3 Å². The summed E-state index contributed by atoms with van der Waals surface area (Å²) in [4.78, 5) is 0. The molecule has 0 aliphatic heterocycles. The zero-order valence-electron chi connectivity index (χ0n) is 32.6. The van der Waals surface area contributed by atoms with Crippen LogP contribution in [0.2, 0.25) is 0 Å². The third-order valence-corrected chi connectivity index (χ3v) is 15.8. The fourth-order valence-corrected chi connectivity index (χ4v) is 13.1.